The molecule has 28 heavy (non-hydrogen) atoms. The number of aliphatic hydroxyl groups is 1. The summed E-state index contributed by atoms with van der Waals surface area (Å²) in [4.78, 5) is 12.3. The molecule has 1 aliphatic heterocycles. The van der Waals surface area contributed by atoms with Crippen LogP contribution in [-0.2, 0) is 6.61 Å². The van der Waals surface area contributed by atoms with Crippen molar-refractivity contribution in [1.29, 1.82) is 0 Å². The van der Waals surface area contributed by atoms with Gasteiger partial charge in [0, 0.05) is 11.1 Å². The average molecular weight is 369 g/mol. The summed E-state index contributed by atoms with van der Waals surface area (Å²) in [5.41, 5.74) is 4.68. The molecule has 3 aromatic carbocycles. The Kier molecular flexibility index (Phi) is 3.95. The fourth-order valence-corrected chi connectivity index (χ4v) is 4.12. The van der Waals surface area contributed by atoms with Gasteiger partial charge in [0.1, 0.15) is 0 Å². The molecule has 3 N–H and O–H groups in total. The van der Waals surface area contributed by atoms with Crippen LogP contribution in [0.4, 0.5) is 5.69 Å². The maximum Gasteiger partial charge on any atom is 0.272 e. The minimum atomic E-state index is -0.185. The Morgan fingerprint density at radius 2 is 1.68 bits per heavy atom. The van der Waals surface area contributed by atoms with Gasteiger partial charge in [-0.25, -0.2) is 5.10 Å². The van der Waals surface area contributed by atoms with Crippen molar-refractivity contribution in [3.8, 4) is 0 Å². The van der Waals surface area contributed by atoms with Gasteiger partial charge in [-0.15, -0.1) is 0 Å². The van der Waals surface area contributed by atoms with E-state index in [9.17, 15) is 9.90 Å². The van der Waals surface area contributed by atoms with Crippen molar-refractivity contribution in [2.45, 2.75) is 18.6 Å². The Bertz CT molecular complexity index is 1200. The van der Waals surface area contributed by atoms with Crippen molar-refractivity contribution in [2.75, 3.05) is 5.32 Å². The molecule has 0 radical (unpaired) electrons. The van der Waals surface area contributed by atoms with E-state index in [1.54, 1.807) is 0 Å². The normalized spacial score (nSPS) is 18.0. The van der Waals surface area contributed by atoms with Gasteiger partial charge < -0.3 is 10.4 Å². The Labute approximate surface area is 161 Å². The summed E-state index contributed by atoms with van der Waals surface area (Å²) in [5.74, 6) is -0.0793. The van der Waals surface area contributed by atoms with Crippen molar-refractivity contribution < 1.29 is 5.11 Å². The van der Waals surface area contributed by atoms with Gasteiger partial charge in [0.05, 0.1) is 29.6 Å². The van der Waals surface area contributed by atoms with Gasteiger partial charge in [-0.1, -0.05) is 60.7 Å². The minimum Gasteiger partial charge on any atom is -0.392 e. The maximum absolute atomic E-state index is 12.3. The highest BCUT2D eigenvalue weighted by molar-refractivity contribution is 5.97. The molecule has 0 amide bonds. The van der Waals surface area contributed by atoms with Crippen LogP contribution in [0.1, 0.15) is 34.3 Å². The van der Waals surface area contributed by atoms with Gasteiger partial charge in [-0.3, -0.25) is 4.79 Å². The molecule has 1 aliphatic rings. The summed E-state index contributed by atoms with van der Waals surface area (Å²) in [5, 5.41) is 21.7. The molecule has 2 unspecified atom stereocenters. The molecule has 5 heteroatoms. The third-order valence-electron chi connectivity index (χ3n) is 5.46. The Morgan fingerprint density at radius 1 is 0.893 bits per heavy atom. The van der Waals surface area contributed by atoms with E-state index in [-0.39, 0.29) is 24.1 Å². The second-order valence-corrected chi connectivity index (χ2v) is 7.08. The third kappa shape index (κ3) is 2.60. The number of nitrogens with one attached hydrogen (secondary N) is 2. The Hall–Kier alpha value is -3.44. The highest BCUT2D eigenvalue weighted by Gasteiger charge is 2.34. The molecule has 1 aromatic heterocycles. The van der Waals surface area contributed by atoms with Crippen LogP contribution in [0.2, 0.25) is 0 Å². The number of anilines is 1. The van der Waals surface area contributed by atoms with E-state index in [1.807, 2.05) is 60.7 Å². The van der Waals surface area contributed by atoms with Gasteiger partial charge in [-0.2, -0.15) is 5.10 Å². The zero-order valence-corrected chi connectivity index (χ0v) is 15.1. The number of aromatic nitrogens is 2. The van der Waals surface area contributed by atoms with Crippen LogP contribution < -0.4 is 10.9 Å². The number of aromatic amines is 1. The topological polar surface area (TPSA) is 78.0 Å². The predicted octanol–water partition coefficient (Wildman–Crippen LogP) is 3.71. The molecule has 2 heterocycles. The number of hydrogen-bond acceptors (Lipinski definition) is 4. The molecule has 4 aromatic rings. The van der Waals surface area contributed by atoms with Crippen LogP contribution in [0, 0.1) is 0 Å². The zero-order chi connectivity index (χ0) is 19.1. The van der Waals surface area contributed by atoms with Crippen LogP contribution in [0.3, 0.4) is 0 Å². The van der Waals surface area contributed by atoms with E-state index in [0.717, 1.165) is 33.5 Å². The lowest BCUT2D eigenvalue weighted by Gasteiger charge is -2.34. The monoisotopic (exact) mass is 369 g/mol. The number of nitrogens with zero attached hydrogens (tertiary/aromatic N) is 1. The number of rotatable bonds is 3. The largest absolute Gasteiger partial charge is 0.392 e. The molecule has 0 saturated heterocycles. The molecule has 0 saturated carbocycles. The van der Waals surface area contributed by atoms with Crippen LogP contribution in [-0.4, -0.2) is 15.3 Å². The molecule has 0 bridgehead atoms. The van der Waals surface area contributed by atoms with E-state index < -0.39 is 0 Å². The van der Waals surface area contributed by atoms with Gasteiger partial charge >= 0.3 is 0 Å². The van der Waals surface area contributed by atoms with Gasteiger partial charge in [-0.05, 0) is 28.8 Å². The molecule has 0 fully saturated rings. The minimum absolute atomic E-state index is 0.00922. The fourth-order valence-electron chi connectivity index (χ4n) is 4.12. The summed E-state index contributed by atoms with van der Waals surface area (Å²) >= 11 is 0. The van der Waals surface area contributed by atoms with Crippen molar-refractivity contribution in [2.24, 2.45) is 0 Å². The summed E-state index contributed by atoms with van der Waals surface area (Å²) in [6.07, 6.45) is 0. The first-order valence-electron chi connectivity index (χ1n) is 9.29. The van der Waals surface area contributed by atoms with E-state index in [1.165, 1.54) is 0 Å². The summed E-state index contributed by atoms with van der Waals surface area (Å²) in [6.45, 7) is 0.00922. The number of hydrogen-bond donors (Lipinski definition) is 3. The smallest absolute Gasteiger partial charge is 0.272 e. The molecular formula is C23H19N3O2. The van der Waals surface area contributed by atoms with Crippen molar-refractivity contribution in [3.05, 3.63) is 106 Å². The van der Waals surface area contributed by atoms with E-state index >= 15 is 0 Å². The summed E-state index contributed by atoms with van der Waals surface area (Å²) in [7, 11) is 0. The SMILES string of the molecule is O=c1[nH]nc2c3c(cccc13)NC(c1ccccc1)C2c1ccc(CO)cc1. The molecular weight excluding hydrogens is 350 g/mol. The van der Waals surface area contributed by atoms with Crippen LogP contribution >= 0.6 is 0 Å². The number of H-pyrrole nitrogens is 1. The molecule has 5 nitrogen and oxygen atoms in total. The second-order valence-electron chi connectivity index (χ2n) is 7.08. The number of benzene rings is 3. The summed E-state index contributed by atoms with van der Waals surface area (Å²) < 4.78 is 0. The highest BCUT2D eigenvalue weighted by Crippen LogP contribution is 2.46. The second kappa shape index (κ2) is 6.62. The average Bonchev–Trinajstić information content (AvgIpc) is 2.76. The Morgan fingerprint density at radius 3 is 2.43 bits per heavy atom. The molecule has 0 spiro atoms. The molecule has 0 aliphatic carbocycles. The van der Waals surface area contributed by atoms with Crippen LogP contribution in [0.15, 0.2) is 77.6 Å². The van der Waals surface area contributed by atoms with Gasteiger partial charge in [0.2, 0.25) is 0 Å². The quantitative estimate of drug-likeness (QED) is 0.514. The number of aliphatic hydroxyl groups excluding tert-OH is 1. The molecule has 138 valence electrons. The van der Waals surface area contributed by atoms with Crippen LogP contribution in [0.5, 0.6) is 0 Å². The molecule has 5 rings (SSSR count). The third-order valence-corrected chi connectivity index (χ3v) is 5.46. The van der Waals surface area contributed by atoms with Gasteiger partial charge in [0.25, 0.3) is 5.56 Å². The first-order valence-corrected chi connectivity index (χ1v) is 9.29. The summed E-state index contributed by atoms with van der Waals surface area (Å²) in [6, 6.07) is 23.9. The highest BCUT2D eigenvalue weighted by atomic mass is 16.3. The van der Waals surface area contributed by atoms with E-state index in [4.69, 9.17) is 0 Å². The van der Waals surface area contributed by atoms with Crippen molar-refractivity contribution >= 4 is 16.5 Å². The first kappa shape index (κ1) is 16.7. The fraction of sp³-hybridized carbons (Fsp3) is 0.130. The maximum atomic E-state index is 12.3. The molecule has 2 atom stereocenters. The predicted molar refractivity (Wildman–Crippen MR) is 109 cm³/mol. The first-order chi connectivity index (χ1) is 13.8. The van der Waals surface area contributed by atoms with E-state index in [2.05, 4.69) is 27.6 Å². The van der Waals surface area contributed by atoms with Crippen LogP contribution in [0.25, 0.3) is 10.8 Å². The lowest BCUT2D eigenvalue weighted by molar-refractivity contribution is 0.282. The van der Waals surface area contributed by atoms with Crippen molar-refractivity contribution in [1.82, 2.24) is 10.2 Å². The lowest BCUT2D eigenvalue weighted by Crippen LogP contribution is -2.28. The zero-order valence-electron chi connectivity index (χ0n) is 15.1. The van der Waals surface area contributed by atoms with E-state index in [0.29, 0.717) is 5.39 Å². The van der Waals surface area contributed by atoms with Gasteiger partial charge in [0.15, 0.2) is 0 Å². The lowest BCUT2D eigenvalue weighted by atomic mass is 9.80. The van der Waals surface area contributed by atoms with Crippen molar-refractivity contribution in [3.63, 3.8) is 0 Å². The standard InChI is InChI=1S/C23H19N3O2/c27-13-14-9-11-15(12-10-14)19-21(16-5-2-1-3-6-16)24-18-8-4-7-17-20(18)22(19)25-26-23(17)28/h1-12,19,21,24,27H,13H2,(H,26,28). The Balaban J connectivity index is 1.77.